The highest BCUT2D eigenvalue weighted by molar-refractivity contribution is 14.0. The van der Waals surface area contributed by atoms with Crippen molar-refractivity contribution < 1.29 is 9.53 Å². The number of nitrogens with one attached hydrogen (secondary N) is 2. The molecule has 0 unspecified atom stereocenters. The molecule has 3 rings (SSSR count). The van der Waals surface area contributed by atoms with E-state index in [1.54, 1.807) is 0 Å². The van der Waals surface area contributed by atoms with Crippen LogP contribution < -0.4 is 10.6 Å². The highest BCUT2D eigenvalue weighted by Crippen LogP contribution is 2.28. The van der Waals surface area contributed by atoms with Crippen LogP contribution in [0.4, 0.5) is 0 Å². The van der Waals surface area contributed by atoms with Gasteiger partial charge in [-0.15, -0.1) is 24.0 Å². The molecule has 1 amide bonds. The number of nitrogens with zero attached hydrogens (tertiary/aromatic N) is 2. The van der Waals surface area contributed by atoms with Crippen molar-refractivity contribution in [3.05, 3.63) is 35.4 Å². The molecule has 0 spiro atoms. The molecule has 1 aliphatic heterocycles. The molecule has 6 nitrogen and oxygen atoms in total. The van der Waals surface area contributed by atoms with Crippen molar-refractivity contribution in [1.29, 1.82) is 0 Å². The first-order valence-corrected chi connectivity index (χ1v) is 10.7. The maximum absolute atomic E-state index is 11.8. The van der Waals surface area contributed by atoms with Gasteiger partial charge < -0.3 is 20.3 Å². The normalized spacial score (nSPS) is 16.7. The van der Waals surface area contributed by atoms with Gasteiger partial charge in [0.05, 0.1) is 6.54 Å². The van der Waals surface area contributed by atoms with Crippen molar-refractivity contribution in [3.63, 3.8) is 0 Å². The number of benzene rings is 1. The molecule has 1 heterocycles. The molecular weight excluding hydrogens is 479 g/mol. The summed E-state index contributed by atoms with van der Waals surface area (Å²) in [7, 11) is 0. The van der Waals surface area contributed by atoms with Crippen LogP contribution in [0.1, 0.15) is 50.2 Å². The van der Waals surface area contributed by atoms with Crippen molar-refractivity contribution in [2.45, 2.75) is 52.1 Å². The van der Waals surface area contributed by atoms with Crippen LogP contribution in [0.2, 0.25) is 0 Å². The lowest BCUT2D eigenvalue weighted by Gasteiger charge is -2.16. The van der Waals surface area contributed by atoms with Gasteiger partial charge in [0.15, 0.2) is 5.96 Å². The fourth-order valence-corrected chi connectivity index (χ4v) is 3.35. The first kappa shape index (κ1) is 23.9. The highest BCUT2D eigenvalue weighted by atomic mass is 127. The van der Waals surface area contributed by atoms with Crippen molar-refractivity contribution >= 4 is 35.8 Å². The molecule has 2 fully saturated rings. The Morgan fingerprint density at radius 2 is 2.10 bits per heavy atom. The van der Waals surface area contributed by atoms with Crippen molar-refractivity contribution in [3.8, 4) is 0 Å². The molecule has 0 bridgehead atoms. The van der Waals surface area contributed by atoms with Gasteiger partial charge in [0.25, 0.3) is 0 Å². The smallest absolute Gasteiger partial charge is 0.222 e. The molecule has 1 aromatic carbocycles. The van der Waals surface area contributed by atoms with E-state index in [0.29, 0.717) is 19.5 Å². The topological polar surface area (TPSA) is 66.0 Å². The van der Waals surface area contributed by atoms with Gasteiger partial charge in [-0.2, -0.15) is 0 Å². The van der Waals surface area contributed by atoms with Crippen LogP contribution >= 0.6 is 24.0 Å². The van der Waals surface area contributed by atoms with Gasteiger partial charge >= 0.3 is 0 Å². The van der Waals surface area contributed by atoms with E-state index in [2.05, 4.69) is 41.8 Å². The van der Waals surface area contributed by atoms with Crippen molar-refractivity contribution in [1.82, 2.24) is 15.5 Å². The molecular formula is C22H35IN4O2. The van der Waals surface area contributed by atoms with Gasteiger partial charge in [-0.3, -0.25) is 4.79 Å². The summed E-state index contributed by atoms with van der Waals surface area (Å²) in [6.07, 6.45) is 5.33. The predicted octanol–water partition coefficient (Wildman–Crippen LogP) is 3.30. The average molecular weight is 514 g/mol. The van der Waals surface area contributed by atoms with Gasteiger partial charge in [0, 0.05) is 45.8 Å². The summed E-state index contributed by atoms with van der Waals surface area (Å²) < 4.78 is 5.68. The first-order valence-electron chi connectivity index (χ1n) is 10.7. The van der Waals surface area contributed by atoms with E-state index < -0.39 is 0 Å². The zero-order valence-electron chi connectivity index (χ0n) is 17.5. The Balaban J connectivity index is 0.00000300. The fourth-order valence-electron chi connectivity index (χ4n) is 3.35. The third-order valence-corrected chi connectivity index (χ3v) is 5.11. The van der Waals surface area contributed by atoms with E-state index in [0.717, 1.165) is 63.1 Å². The van der Waals surface area contributed by atoms with E-state index in [-0.39, 0.29) is 29.9 Å². The Kier molecular flexibility index (Phi) is 10.8. The second kappa shape index (κ2) is 13.1. The summed E-state index contributed by atoms with van der Waals surface area (Å²) >= 11 is 0. The lowest BCUT2D eigenvalue weighted by atomic mass is 10.1. The Bertz CT molecular complexity index is 664. The van der Waals surface area contributed by atoms with E-state index in [9.17, 15) is 4.79 Å². The minimum Gasteiger partial charge on any atom is -0.381 e. The third kappa shape index (κ3) is 8.90. The second-order valence-electron chi connectivity index (χ2n) is 7.73. The van der Waals surface area contributed by atoms with E-state index in [1.807, 2.05) is 4.90 Å². The number of hydrogen-bond acceptors (Lipinski definition) is 3. The zero-order valence-corrected chi connectivity index (χ0v) is 19.8. The molecule has 1 saturated carbocycles. The molecule has 2 N–H and O–H groups in total. The molecule has 7 heteroatoms. The Hall–Kier alpha value is -1.35. The van der Waals surface area contributed by atoms with Gasteiger partial charge in [-0.25, -0.2) is 4.99 Å². The third-order valence-electron chi connectivity index (χ3n) is 5.11. The maximum Gasteiger partial charge on any atom is 0.222 e. The Morgan fingerprint density at radius 1 is 1.28 bits per heavy atom. The summed E-state index contributed by atoms with van der Waals surface area (Å²) in [5.41, 5.74) is 2.34. The van der Waals surface area contributed by atoms with Crippen molar-refractivity contribution in [2.75, 3.05) is 32.8 Å². The van der Waals surface area contributed by atoms with Crippen LogP contribution in [0.5, 0.6) is 0 Å². The molecule has 0 aromatic heterocycles. The number of carbonyl (C=O) groups excluding carboxylic acids is 1. The summed E-state index contributed by atoms with van der Waals surface area (Å²) in [5.74, 6) is 1.93. The van der Waals surface area contributed by atoms with Gasteiger partial charge in [0.1, 0.15) is 0 Å². The maximum atomic E-state index is 11.8. The molecule has 1 saturated heterocycles. The van der Waals surface area contributed by atoms with E-state index in [1.165, 1.54) is 18.4 Å². The lowest BCUT2D eigenvalue weighted by molar-refractivity contribution is -0.128. The number of halogens is 1. The van der Waals surface area contributed by atoms with E-state index in [4.69, 9.17) is 9.73 Å². The van der Waals surface area contributed by atoms with Crippen LogP contribution in [0, 0.1) is 5.92 Å². The highest BCUT2D eigenvalue weighted by Gasteiger charge is 2.21. The molecule has 162 valence electrons. The lowest BCUT2D eigenvalue weighted by Crippen LogP contribution is -2.38. The van der Waals surface area contributed by atoms with Crippen LogP contribution in [0.3, 0.4) is 0 Å². The SMILES string of the molecule is CCNC(=NCc1cccc(CN2CCCC2=O)c1)NCCCOCC1CC1.I. The van der Waals surface area contributed by atoms with Gasteiger partial charge in [0.2, 0.25) is 5.91 Å². The summed E-state index contributed by atoms with van der Waals surface area (Å²) in [6, 6.07) is 8.39. The molecule has 29 heavy (non-hydrogen) atoms. The molecule has 0 atom stereocenters. The standard InChI is InChI=1S/C22H34N4O2.HI/c1-2-23-22(24-11-5-13-28-17-18-9-10-18)25-15-19-6-3-7-20(14-19)16-26-12-4-8-21(26)27;/h3,6-7,14,18H,2,4-5,8-13,15-17H2,1H3,(H2,23,24,25);1H. The number of likely N-dealkylation sites (tertiary alicyclic amines) is 1. The number of carbonyl (C=O) groups is 1. The van der Waals surface area contributed by atoms with E-state index >= 15 is 0 Å². The average Bonchev–Trinajstić information content (AvgIpc) is 3.44. The summed E-state index contributed by atoms with van der Waals surface area (Å²) in [6.45, 7) is 7.69. The predicted molar refractivity (Wildman–Crippen MR) is 127 cm³/mol. The number of rotatable bonds is 11. The summed E-state index contributed by atoms with van der Waals surface area (Å²) in [4.78, 5) is 18.5. The number of hydrogen-bond donors (Lipinski definition) is 2. The number of amides is 1. The van der Waals surface area contributed by atoms with Crippen LogP contribution in [0.15, 0.2) is 29.3 Å². The zero-order chi connectivity index (χ0) is 19.6. The molecule has 1 aromatic rings. The second-order valence-corrected chi connectivity index (χ2v) is 7.73. The minimum atomic E-state index is 0. The molecule has 0 radical (unpaired) electrons. The first-order chi connectivity index (χ1) is 13.7. The minimum absolute atomic E-state index is 0. The molecule has 1 aliphatic carbocycles. The Morgan fingerprint density at radius 3 is 2.83 bits per heavy atom. The monoisotopic (exact) mass is 514 g/mol. The van der Waals surface area contributed by atoms with Crippen LogP contribution in [-0.4, -0.2) is 49.6 Å². The van der Waals surface area contributed by atoms with Crippen molar-refractivity contribution in [2.24, 2.45) is 10.9 Å². The van der Waals surface area contributed by atoms with Crippen LogP contribution in [-0.2, 0) is 22.6 Å². The number of guanidine groups is 1. The van der Waals surface area contributed by atoms with Gasteiger partial charge in [-0.05, 0) is 49.7 Å². The largest absolute Gasteiger partial charge is 0.381 e. The fraction of sp³-hybridized carbons (Fsp3) is 0.636. The number of aliphatic imine (C=N–C) groups is 1. The van der Waals surface area contributed by atoms with Crippen LogP contribution in [0.25, 0.3) is 0 Å². The summed E-state index contributed by atoms with van der Waals surface area (Å²) in [5, 5.41) is 6.68. The Labute approximate surface area is 191 Å². The number of ether oxygens (including phenoxy) is 1. The van der Waals surface area contributed by atoms with Gasteiger partial charge in [-0.1, -0.05) is 24.3 Å². The quantitative estimate of drug-likeness (QED) is 0.206. The molecule has 2 aliphatic rings.